The third-order valence-corrected chi connectivity index (χ3v) is 5.19. The fourth-order valence-electron chi connectivity index (χ4n) is 3.02. The van der Waals surface area contributed by atoms with Gasteiger partial charge in [0.2, 0.25) is 0 Å². The van der Waals surface area contributed by atoms with Crippen molar-refractivity contribution in [2.24, 2.45) is 10.2 Å². The van der Waals surface area contributed by atoms with Crippen LogP contribution in [0.25, 0.3) is 21.5 Å². The molecule has 0 unspecified atom stereocenters. The van der Waals surface area contributed by atoms with E-state index >= 15 is 0 Å². The van der Waals surface area contributed by atoms with Gasteiger partial charge < -0.3 is 5.11 Å². The summed E-state index contributed by atoms with van der Waals surface area (Å²) in [6, 6.07) is 20.3. The maximum absolute atomic E-state index is 11.6. The summed E-state index contributed by atoms with van der Waals surface area (Å²) in [7, 11) is -4.36. The highest BCUT2D eigenvalue weighted by atomic mass is 32.2. The Hall–Kier alpha value is -3.29. The fourth-order valence-corrected chi connectivity index (χ4v) is 3.72. The van der Waals surface area contributed by atoms with Gasteiger partial charge in [-0.15, -0.1) is 10.2 Å². The van der Waals surface area contributed by atoms with Gasteiger partial charge in [0.05, 0.1) is 5.69 Å². The lowest BCUT2D eigenvalue weighted by Crippen LogP contribution is -1.98. The quantitative estimate of drug-likeness (QED) is 0.370. The predicted molar refractivity (Wildman–Crippen MR) is 104 cm³/mol. The number of phenols is 1. The lowest BCUT2D eigenvalue weighted by molar-refractivity contribution is 0.477. The van der Waals surface area contributed by atoms with Crippen LogP contribution in [-0.4, -0.2) is 18.1 Å². The first-order valence-electron chi connectivity index (χ1n) is 8.07. The van der Waals surface area contributed by atoms with Gasteiger partial charge in [-0.1, -0.05) is 54.6 Å². The van der Waals surface area contributed by atoms with Crippen LogP contribution in [0.15, 0.2) is 87.9 Å². The molecule has 0 aliphatic carbocycles. The van der Waals surface area contributed by atoms with Crippen LogP contribution in [0.5, 0.6) is 5.75 Å². The second kappa shape index (κ2) is 6.46. The van der Waals surface area contributed by atoms with E-state index in [1.165, 1.54) is 12.1 Å². The molecule has 27 heavy (non-hydrogen) atoms. The monoisotopic (exact) mass is 378 g/mol. The molecule has 0 aliphatic rings. The molecule has 0 atom stereocenters. The zero-order valence-corrected chi connectivity index (χ0v) is 14.8. The number of fused-ring (bicyclic) bond motifs is 2. The van der Waals surface area contributed by atoms with Crippen LogP contribution >= 0.6 is 0 Å². The molecular weight excluding hydrogens is 364 g/mol. The highest BCUT2D eigenvalue weighted by Gasteiger charge is 2.15. The molecule has 0 radical (unpaired) electrons. The first kappa shape index (κ1) is 17.1. The molecule has 4 rings (SSSR count). The average Bonchev–Trinajstić information content (AvgIpc) is 2.66. The van der Waals surface area contributed by atoms with Crippen molar-refractivity contribution in [1.82, 2.24) is 0 Å². The largest absolute Gasteiger partial charge is 0.506 e. The summed E-state index contributed by atoms with van der Waals surface area (Å²) < 4.78 is 32.6. The third-order valence-electron chi connectivity index (χ3n) is 4.28. The van der Waals surface area contributed by atoms with Crippen LogP contribution in [0.2, 0.25) is 0 Å². The second-order valence-electron chi connectivity index (χ2n) is 5.96. The Morgan fingerprint density at radius 3 is 2.11 bits per heavy atom. The summed E-state index contributed by atoms with van der Waals surface area (Å²) in [6.45, 7) is 0. The molecule has 0 spiro atoms. The van der Waals surface area contributed by atoms with Crippen molar-refractivity contribution in [3.63, 3.8) is 0 Å². The van der Waals surface area contributed by atoms with Crippen LogP contribution < -0.4 is 0 Å². The van der Waals surface area contributed by atoms with E-state index in [2.05, 4.69) is 10.2 Å². The molecule has 0 heterocycles. The summed E-state index contributed by atoms with van der Waals surface area (Å²) in [5, 5.41) is 21.2. The number of rotatable bonds is 3. The molecule has 7 heteroatoms. The molecule has 0 aliphatic heterocycles. The van der Waals surface area contributed by atoms with Gasteiger partial charge in [0.1, 0.15) is 16.3 Å². The van der Waals surface area contributed by atoms with Crippen molar-refractivity contribution in [2.75, 3.05) is 0 Å². The first-order chi connectivity index (χ1) is 12.9. The Morgan fingerprint density at radius 2 is 1.37 bits per heavy atom. The van der Waals surface area contributed by atoms with E-state index in [0.717, 1.165) is 10.8 Å². The Morgan fingerprint density at radius 1 is 0.704 bits per heavy atom. The fraction of sp³-hybridized carbons (Fsp3) is 0. The topological polar surface area (TPSA) is 99.3 Å². The van der Waals surface area contributed by atoms with E-state index in [9.17, 15) is 18.1 Å². The molecule has 2 N–H and O–H groups in total. The molecule has 0 aromatic heterocycles. The maximum Gasteiger partial charge on any atom is 0.295 e. The van der Waals surface area contributed by atoms with Crippen LogP contribution in [0.1, 0.15) is 0 Å². The first-order valence-corrected chi connectivity index (χ1v) is 9.51. The molecule has 0 amide bonds. The SMILES string of the molecule is O=S(=O)(O)c1ccc(N=Nc2c(O)ccc3ccccc23)c2ccccc12. The van der Waals surface area contributed by atoms with E-state index in [0.29, 0.717) is 22.1 Å². The van der Waals surface area contributed by atoms with Crippen molar-refractivity contribution in [1.29, 1.82) is 0 Å². The van der Waals surface area contributed by atoms with Gasteiger partial charge in [-0.3, -0.25) is 4.55 Å². The lowest BCUT2D eigenvalue weighted by atomic mass is 10.1. The third kappa shape index (κ3) is 3.14. The van der Waals surface area contributed by atoms with Crippen LogP contribution in [0.4, 0.5) is 11.4 Å². The Bertz CT molecular complexity index is 1310. The van der Waals surface area contributed by atoms with E-state index in [1.807, 2.05) is 24.3 Å². The number of nitrogens with zero attached hydrogens (tertiary/aromatic N) is 2. The van der Waals surface area contributed by atoms with Crippen molar-refractivity contribution >= 4 is 43.0 Å². The standard InChI is InChI=1S/C20H14N2O4S/c23-18-11-9-13-5-1-2-6-14(13)20(18)22-21-17-10-12-19(27(24,25)26)16-8-4-3-7-15(16)17/h1-12,23H,(H,24,25,26). The van der Waals surface area contributed by atoms with E-state index in [1.54, 1.807) is 36.4 Å². The summed E-state index contributed by atoms with van der Waals surface area (Å²) >= 11 is 0. The van der Waals surface area contributed by atoms with Gasteiger partial charge in [0.25, 0.3) is 10.1 Å². The zero-order chi connectivity index (χ0) is 19.0. The van der Waals surface area contributed by atoms with E-state index < -0.39 is 10.1 Å². The average molecular weight is 378 g/mol. The van der Waals surface area contributed by atoms with Crippen LogP contribution in [0.3, 0.4) is 0 Å². The maximum atomic E-state index is 11.6. The molecule has 0 saturated carbocycles. The second-order valence-corrected chi connectivity index (χ2v) is 7.35. The molecule has 0 bridgehead atoms. The van der Waals surface area contributed by atoms with Crippen molar-refractivity contribution < 1.29 is 18.1 Å². The lowest BCUT2D eigenvalue weighted by Gasteiger charge is -2.07. The molecule has 0 saturated heterocycles. The van der Waals surface area contributed by atoms with Crippen molar-refractivity contribution in [3.05, 3.63) is 72.8 Å². The van der Waals surface area contributed by atoms with E-state index in [4.69, 9.17) is 0 Å². The minimum Gasteiger partial charge on any atom is -0.506 e. The van der Waals surface area contributed by atoms with Gasteiger partial charge in [0, 0.05) is 16.2 Å². The predicted octanol–water partition coefficient (Wildman–Crippen LogP) is 5.36. The van der Waals surface area contributed by atoms with Crippen LogP contribution in [-0.2, 0) is 10.1 Å². The number of azo groups is 1. The van der Waals surface area contributed by atoms with E-state index in [-0.39, 0.29) is 10.6 Å². The van der Waals surface area contributed by atoms with Gasteiger partial charge in [-0.25, -0.2) is 0 Å². The van der Waals surface area contributed by atoms with Gasteiger partial charge in [0.15, 0.2) is 0 Å². The summed E-state index contributed by atoms with van der Waals surface area (Å²) in [5.74, 6) is -0.00342. The number of benzene rings is 4. The molecule has 6 nitrogen and oxygen atoms in total. The van der Waals surface area contributed by atoms with Gasteiger partial charge in [-0.2, -0.15) is 8.42 Å². The van der Waals surface area contributed by atoms with Crippen LogP contribution in [0, 0.1) is 0 Å². The van der Waals surface area contributed by atoms with Crippen molar-refractivity contribution in [3.8, 4) is 5.75 Å². The number of phenolic OH excluding ortho intramolecular Hbond substituents is 1. The zero-order valence-electron chi connectivity index (χ0n) is 13.9. The summed E-state index contributed by atoms with van der Waals surface area (Å²) in [4.78, 5) is -0.190. The normalized spacial score (nSPS) is 12.2. The van der Waals surface area contributed by atoms with Crippen molar-refractivity contribution in [2.45, 2.75) is 4.90 Å². The molecule has 4 aromatic rings. The molecule has 134 valence electrons. The smallest absolute Gasteiger partial charge is 0.295 e. The Kier molecular flexibility index (Phi) is 4.10. The highest BCUT2D eigenvalue weighted by molar-refractivity contribution is 7.86. The number of hydrogen-bond acceptors (Lipinski definition) is 5. The van der Waals surface area contributed by atoms with Gasteiger partial charge in [-0.05, 0) is 23.6 Å². The highest BCUT2D eigenvalue weighted by Crippen LogP contribution is 2.37. The number of hydrogen-bond donors (Lipinski definition) is 2. The molecular formula is C20H14N2O4S. The minimum atomic E-state index is -4.36. The van der Waals surface area contributed by atoms with Gasteiger partial charge >= 0.3 is 0 Å². The number of aromatic hydroxyl groups is 1. The summed E-state index contributed by atoms with van der Waals surface area (Å²) in [6.07, 6.45) is 0. The molecule has 0 fully saturated rings. The Balaban J connectivity index is 1.90. The minimum absolute atomic E-state index is 0.00342. The molecule has 4 aromatic carbocycles. The Labute approximate surface area is 155 Å². The summed E-state index contributed by atoms with van der Waals surface area (Å²) in [5.41, 5.74) is 0.751.